The van der Waals surface area contributed by atoms with E-state index in [1.807, 2.05) is 38.1 Å². The largest absolute Gasteiger partial charge is 0.480 e. The van der Waals surface area contributed by atoms with Crippen LogP contribution < -0.4 is 10.6 Å². The maximum absolute atomic E-state index is 12.5. The second-order valence-electron chi connectivity index (χ2n) is 10.1. The molecule has 0 aromatic heterocycles. The van der Waals surface area contributed by atoms with Crippen LogP contribution in [0.5, 0.6) is 0 Å². The Morgan fingerprint density at radius 3 is 2.14 bits per heavy atom. The number of rotatable bonds is 11. The molecular formula is C28H34N2O5. The average molecular weight is 479 g/mol. The number of alkyl carbamates (subject to hydrolysis) is 1. The summed E-state index contributed by atoms with van der Waals surface area (Å²) in [5, 5.41) is 14.9. The van der Waals surface area contributed by atoms with Crippen molar-refractivity contribution in [2.24, 2.45) is 17.8 Å². The zero-order chi connectivity index (χ0) is 24.9. The summed E-state index contributed by atoms with van der Waals surface area (Å²) in [7, 11) is 0. The van der Waals surface area contributed by atoms with Crippen molar-refractivity contribution in [3.63, 3.8) is 0 Å². The molecule has 2 unspecified atom stereocenters. The van der Waals surface area contributed by atoms with Crippen molar-refractivity contribution < 1.29 is 24.2 Å². The molecule has 2 aromatic rings. The quantitative estimate of drug-likeness (QED) is 0.439. The van der Waals surface area contributed by atoms with E-state index in [9.17, 15) is 19.5 Å². The lowest BCUT2D eigenvalue weighted by atomic mass is 9.98. The molecule has 0 bridgehead atoms. The third-order valence-corrected chi connectivity index (χ3v) is 6.93. The minimum Gasteiger partial charge on any atom is -0.480 e. The number of nitrogens with one attached hydrogen (secondary N) is 2. The van der Waals surface area contributed by atoms with E-state index in [1.165, 1.54) is 11.1 Å². The molecule has 2 aliphatic carbocycles. The van der Waals surface area contributed by atoms with E-state index < -0.39 is 18.1 Å². The number of fused-ring (bicyclic) bond motifs is 3. The molecular weight excluding hydrogens is 444 g/mol. The van der Waals surface area contributed by atoms with Crippen molar-refractivity contribution in [1.82, 2.24) is 10.6 Å². The van der Waals surface area contributed by atoms with Crippen LogP contribution in [0.4, 0.5) is 4.79 Å². The van der Waals surface area contributed by atoms with Crippen LogP contribution in [0.1, 0.15) is 56.6 Å². The summed E-state index contributed by atoms with van der Waals surface area (Å²) in [4.78, 5) is 36.5. The Hall–Kier alpha value is -3.35. The lowest BCUT2D eigenvalue weighted by Crippen LogP contribution is -2.43. The Balaban J connectivity index is 1.29. The number of carboxylic acid groups (broad SMARTS) is 1. The molecule has 35 heavy (non-hydrogen) atoms. The molecule has 0 aliphatic heterocycles. The predicted octanol–water partition coefficient (Wildman–Crippen LogP) is 4.56. The van der Waals surface area contributed by atoms with Crippen LogP contribution in [0.2, 0.25) is 0 Å². The Labute approximate surface area is 206 Å². The second kappa shape index (κ2) is 10.9. The average Bonchev–Trinajstić information content (AvgIpc) is 3.62. The van der Waals surface area contributed by atoms with Crippen LogP contribution in [-0.4, -0.2) is 42.3 Å². The molecule has 1 saturated carbocycles. The summed E-state index contributed by atoms with van der Waals surface area (Å²) in [6, 6.07) is 15.5. The minimum atomic E-state index is -1.02. The van der Waals surface area contributed by atoms with Crippen LogP contribution in [0.15, 0.2) is 48.5 Å². The van der Waals surface area contributed by atoms with Crippen LogP contribution in [0, 0.1) is 17.8 Å². The fourth-order valence-corrected chi connectivity index (χ4v) is 5.02. The first-order valence-electron chi connectivity index (χ1n) is 12.4. The van der Waals surface area contributed by atoms with E-state index in [4.69, 9.17) is 4.74 Å². The van der Waals surface area contributed by atoms with Crippen molar-refractivity contribution in [2.45, 2.75) is 51.5 Å². The van der Waals surface area contributed by atoms with Gasteiger partial charge in [0.15, 0.2) is 0 Å². The van der Waals surface area contributed by atoms with Crippen LogP contribution in [-0.2, 0) is 14.3 Å². The summed E-state index contributed by atoms with van der Waals surface area (Å²) < 4.78 is 5.61. The van der Waals surface area contributed by atoms with Gasteiger partial charge in [0.1, 0.15) is 12.6 Å². The van der Waals surface area contributed by atoms with E-state index >= 15 is 0 Å². The van der Waals surface area contributed by atoms with Crippen molar-refractivity contribution in [2.75, 3.05) is 13.2 Å². The molecule has 7 nitrogen and oxygen atoms in total. The van der Waals surface area contributed by atoms with Gasteiger partial charge in [-0.15, -0.1) is 0 Å². The number of carbonyl (C=O) groups is 3. The smallest absolute Gasteiger partial charge is 0.407 e. The molecule has 3 N–H and O–H groups in total. The van der Waals surface area contributed by atoms with E-state index in [1.54, 1.807) is 0 Å². The lowest BCUT2D eigenvalue weighted by Gasteiger charge is -2.20. The van der Waals surface area contributed by atoms with E-state index in [-0.39, 0.29) is 36.7 Å². The maximum atomic E-state index is 12.5. The fraction of sp³-hybridized carbons (Fsp3) is 0.464. The van der Waals surface area contributed by atoms with Gasteiger partial charge >= 0.3 is 12.1 Å². The molecule has 0 heterocycles. The van der Waals surface area contributed by atoms with Crippen molar-refractivity contribution in [3.05, 3.63) is 59.7 Å². The summed E-state index contributed by atoms with van der Waals surface area (Å²) >= 11 is 0. The van der Waals surface area contributed by atoms with Gasteiger partial charge in [-0.2, -0.15) is 0 Å². The van der Waals surface area contributed by atoms with Gasteiger partial charge in [0.2, 0.25) is 5.91 Å². The topological polar surface area (TPSA) is 105 Å². The summed E-state index contributed by atoms with van der Waals surface area (Å²) in [5.74, 6) is -0.832. The number of carbonyl (C=O) groups excluding carboxylic acids is 2. The van der Waals surface area contributed by atoms with E-state index in [0.29, 0.717) is 18.9 Å². The maximum Gasteiger partial charge on any atom is 0.407 e. The second-order valence-corrected chi connectivity index (χ2v) is 10.1. The van der Waals surface area contributed by atoms with Crippen molar-refractivity contribution >= 4 is 18.0 Å². The molecule has 0 radical (unpaired) electrons. The highest BCUT2D eigenvalue weighted by Crippen LogP contribution is 2.44. The van der Waals surface area contributed by atoms with E-state index in [2.05, 4.69) is 34.9 Å². The van der Waals surface area contributed by atoms with E-state index in [0.717, 1.165) is 24.0 Å². The van der Waals surface area contributed by atoms with Gasteiger partial charge in [0.25, 0.3) is 0 Å². The summed E-state index contributed by atoms with van der Waals surface area (Å²) in [6.45, 7) is 4.42. The molecule has 2 amide bonds. The zero-order valence-corrected chi connectivity index (χ0v) is 20.3. The fourth-order valence-electron chi connectivity index (χ4n) is 5.02. The first kappa shape index (κ1) is 24.8. The number of aliphatic carboxylic acids is 1. The van der Waals surface area contributed by atoms with Gasteiger partial charge in [-0.1, -0.05) is 62.4 Å². The molecule has 186 valence electrons. The molecule has 0 saturated heterocycles. The number of hydrogen-bond acceptors (Lipinski definition) is 4. The van der Waals surface area contributed by atoms with Crippen LogP contribution >= 0.6 is 0 Å². The molecule has 2 atom stereocenters. The van der Waals surface area contributed by atoms with Gasteiger partial charge in [-0.25, -0.2) is 9.59 Å². The lowest BCUT2D eigenvalue weighted by molar-refractivity contribution is -0.142. The summed E-state index contributed by atoms with van der Waals surface area (Å²) in [6.07, 6.45) is 2.10. The van der Waals surface area contributed by atoms with Crippen molar-refractivity contribution in [1.29, 1.82) is 0 Å². The van der Waals surface area contributed by atoms with Gasteiger partial charge < -0.3 is 20.5 Å². The van der Waals surface area contributed by atoms with Crippen LogP contribution in [0.25, 0.3) is 11.1 Å². The number of hydrogen-bond donors (Lipinski definition) is 3. The van der Waals surface area contributed by atoms with Gasteiger partial charge in [-0.05, 0) is 59.3 Å². The molecule has 1 fully saturated rings. The number of benzene rings is 2. The van der Waals surface area contributed by atoms with Gasteiger partial charge in [0.05, 0.1) is 0 Å². The highest BCUT2D eigenvalue weighted by molar-refractivity contribution is 5.83. The monoisotopic (exact) mass is 478 g/mol. The van der Waals surface area contributed by atoms with Crippen LogP contribution in [0.3, 0.4) is 0 Å². The standard InChI is InChI=1S/C28H34N2O5/c1-17(2)13-25(27(32)33)30-26(31)14-19(18-11-12-18)15-29-28(34)35-16-24-22-9-5-3-7-20(22)21-8-4-6-10-23(21)24/h3-10,17-19,24-25H,11-16H2,1-2H3,(H,29,34)(H,30,31)(H,32,33). The third-order valence-electron chi connectivity index (χ3n) is 6.93. The Morgan fingerprint density at radius 2 is 1.60 bits per heavy atom. The predicted molar refractivity (Wildman–Crippen MR) is 133 cm³/mol. The Morgan fingerprint density at radius 1 is 1.00 bits per heavy atom. The van der Waals surface area contributed by atoms with Gasteiger partial charge in [0, 0.05) is 18.9 Å². The van der Waals surface area contributed by atoms with Gasteiger partial charge in [-0.3, -0.25) is 4.79 Å². The molecule has 7 heteroatoms. The highest BCUT2D eigenvalue weighted by atomic mass is 16.5. The highest BCUT2D eigenvalue weighted by Gasteiger charge is 2.34. The first-order valence-corrected chi connectivity index (χ1v) is 12.4. The Kier molecular flexibility index (Phi) is 7.73. The molecule has 0 spiro atoms. The third kappa shape index (κ3) is 6.21. The minimum absolute atomic E-state index is 0.00735. The number of ether oxygens (including phenoxy) is 1. The number of amides is 2. The Bertz CT molecular complexity index is 1030. The van der Waals surface area contributed by atoms with Crippen molar-refractivity contribution in [3.8, 4) is 11.1 Å². The molecule has 2 aromatic carbocycles. The number of carboxylic acids is 1. The summed E-state index contributed by atoms with van der Waals surface area (Å²) in [5.41, 5.74) is 4.66. The zero-order valence-electron chi connectivity index (χ0n) is 20.3. The first-order chi connectivity index (χ1) is 16.8. The molecule has 2 aliphatic rings. The molecule has 4 rings (SSSR count). The normalized spacial score (nSPS) is 16.2. The SMILES string of the molecule is CC(C)CC(NC(=O)CC(CNC(=O)OCC1c2ccccc2-c2ccccc21)C1CC1)C(=O)O.